The molecule has 0 amide bonds. The minimum absolute atomic E-state index is 0.947. The van der Waals surface area contributed by atoms with Crippen molar-refractivity contribution in [2.75, 3.05) is 0 Å². The molecule has 0 bridgehead atoms. The van der Waals surface area contributed by atoms with E-state index in [1.54, 1.807) is 0 Å². The lowest BCUT2D eigenvalue weighted by Crippen LogP contribution is -1.85. The molecule has 0 unspecified atom stereocenters. The highest BCUT2D eigenvalue weighted by Gasteiger charge is 2.11. The van der Waals surface area contributed by atoms with E-state index in [4.69, 9.17) is 0 Å². The first-order chi connectivity index (χ1) is 7.81. The molecule has 16 heavy (non-hydrogen) atoms. The minimum atomic E-state index is 0.947. The van der Waals surface area contributed by atoms with Crippen LogP contribution in [0.25, 0.3) is 20.2 Å². The Morgan fingerprint density at radius 3 is 2.94 bits per heavy atom. The van der Waals surface area contributed by atoms with Gasteiger partial charge in [-0.25, -0.2) is 0 Å². The van der Waals surface area contributed by atoms with Crippen molar-refractivity contribution in [3.63, 3.8) is 0 Å². The number of hydrogen-bond acceptors (Lipinski definition) is 2. The Morgan fingerprint density at radius 2 is 2.12 bits per heavy atom. The lowest BCUT2D eigenvalue weighted by molar-refractivity contribution is 1.23. The summed E-state index contributed by atoms with van der Waals surface area (Å²) in [5, 5.41) is 2.63. The van der Waals surface area contributed by atoms with Gasteiger partial charge in [0.15, 0.2) is 0 Å². The molecule has 0 aliphatic heterocycles. The molecule has 3 rings (SSSR count). The van der Waals surface area contributed by atoms with Gasteiger partial charge in [0.25, 0.3) is 0 Å². The molecule has 3 aromatic rings. The zero-order valence-corrected chi connectivity index (χ0v) is 12.8. The van der Waals surface area contributed by atoms with Gasteiger partial charge in [-0.2, -0.15) is 0 Å². The smallest absolute Gasteiger partial charge is 0.0594 e. The molecule has 4 heteroatoms. The van der Waals surface area contributed by atoms with E-state index >= 15 is 0 Å². The van der Waals surface area contributed by atoms with Crippen molar-refractivity contribution in [2.45, 2.75) is 4.43 Å². The molecule has 0 atom stereocenters. The number of hydrogen-bond donors (Lipinski definition) is 0. The highest BCUT2D eigenvalue weighted by molar-refractivity contribution is 14.1. The van der Waals surface area contributed by atoms with Crippen LogP contribution in [0, 0.1) is 0 Å². The molecular weight excluding hydrogens is 397 g/mol. The highest BCUT2D eigenvalue weighted by atomic mass is 127. The maximum absolute atomic E-state index is 4.50. The van der Waals surface area contributed by atoms with E-state index in [-0.39, 0.29) is 0 Å². The van der Waals surface area contributed by atoms with Gasteiger partial charge in [-0.1, -0.05) is 40.8 Å². The zero-order valence-electron chi connectivity index (χ0n) is 8.21. The molecule has 0 saturated heterocycles. The number of alkyl halides is 1. The van der Waals surface area contributed by atoms with Crippen LogP contribution >= 0.6 is 49.9 Å². The summed E-state index contributed by atoms with van der Waals surface area (Å²) in [6.07, 6.45) is 1.91. The van der Waals surface area contributed by atoms with Gasteiger partial charge in [-0.05, 0) is 22.0 Å². The van der Waals surface area contributed by atoms with E-state index in [0.29, 0.717) is 0 Å². The molecule has 1 aromatic carbocycles. The highest BCUT2D eigenvalue weighted by Crippen LogP contribution is 2.39. The fourth-order valence-corrected chi connectivity index (χ4v) is 4.11. The monoisotopic (exact) mass is 403 g/mol. The van der Waals surface area contributed by atoms with Gasteiger partial charge in [0.1, 0.15) is 0 Å². The molecule has 1 nitrogen and oxygen atoms in total. The Hall–Kier alpha value is -0.200. The van der Waals surface area contributed by atoms with Crippen LogP contribution in [0.5, 0.6) is 0 Å². The van der Waals surface area contributed by atoms with Gasteiger partial charge in [0, 0.05) is 26.1 Å². The molecule has 2 aromatic heterocycles. The third-order valence-corrected chi connectivity index (χ3v) is 5.35. The Bertz CT molecular complexity index is 677. The van der Waals surface area contributed by atoms with Crippen LogP contribution in [0.15, 0.2) is 34.9 Å². The van der Waals surface area contributed by atoms with E-state index in [1.807, 2.05) is 17.5 Å². The van der Waals surface area contributed by atoms with Crippen LogP contribution in [0.3, 0.4) is 0 Å². The predicted octanol–water partition coefficient (Wildman–Crippen LogP) is 5.15. The van der Waals surface area contributed by atoms with Crippen LogP contribution < -0.4 is 0 Å². The lowest BCUT2D eigenvalue weighted by atomic mass is 10.1. The van der Waals surface area contributed by atoms with E-state index in [0.717, 1.165) is 8.90 Å². The number of benzene rings is 1. The Balaban J connectivity index is 2.59. The van der Waals surface area contributed by atoms with Gasteiger partial charge in [0.2, 0.25) is 0 Å². The summed E-state index contributed by atoms with van der Waals surface area (Å²) < 4.78 is 4.68. The summed E-state index contributed by atoms with van der Waals surface area (Å²) >= 11 is 7.78. The van der Waals surface area contributed by atoms with Gasteiger partial charge < -0.3 is 0 Å². The third-order valence-electron chi connectivity index (χ3n) is 2.56. The van der Waals surface area contributed by atoms with E-state index in [9.17, 15) is 0 Å². The predicted molar refractivity (Wildman–Crippen MR) is 82.6 cm³/mol. The van der Waals surface area contributed by atoms with Crippen LogP contribution in [0.2, 0.25) is 0 Å². The molecule has 0 spiro atoms. The number of aromatic nitrogens is 1. The quantitative estimate of drug-likeness (QED) is 0.404. The number of rotatable bonds is 1. The van der Waals surface area contributed by atoms with Crippen molar-refractivity contribution in [1.29, 1.82) is 0 Å². The first kappa shape index (κ1) is 10.9. The Kier molecular flexibility index (Phi) is 2.89. The summed E-state index contributed by atoms with van der Waals surface area (Å²) in [5.41, 5.74) is 1.18. The fraction of sp³-hybridized carbons (Fsp3) is 0.0833. The second-order valence-corrected chi connectivity index (χ2v) is 6.16. The largest absolute Gasteiger partial charge is 0.259 e. The summed E-state index contributed by atoms with van der Waals surface area (Å²) in [4.78, 5) is 4.50. The van der Waals surface area contributed by atoms with Crippen molar-refractivity contribution >= 4 is 70.0 Å². The molecule has 0 fully saturated rings. The topological polar surface area (TPSA) is 12.9 Å². The first-order valence-electron chi connectivity index (χ1n) is 4.82. The fourth-order valence-electron chi connectivity index (χ4n) is 1.86. The van der Waals surface area contributed by atoms with Crippen LogP contribution in [0.1, 0.15) is 5.69 Å². The molecule has 80 valence electrons. The average molecular weight is 404 g/mol. The molecule has 2 heterocycles. The molecule has 0 saturated carbocycles. The molecule has 0 aliphatic carbocycles. The maximum atomic E-state index is 4.50. The number of halogens is 2. The maximum Gasteiger partial charge on any atom is 0.0594 e. The van der Waals surface area contributed by atoms with Crippen LogP contribution in [0.4, 0.5) is 0 Å². The van der Waals surface area contributed by atoms with Crippen molar-refractivity contribution < 1.29 is 0 Å². The number of thiophene rings is 1. The number of fused-ring (bicyclic) bond motifs is 3. The van der Waals surface area contributed by atoms with E-state index in [2.05, 4.69) is 67.8 Å². The van der Waals surface area contributed by atoms with Crippen molar-refractivity contribution in [2.24, 2.45) is 0 Å². The van der Waals surface area contributed by atoms with Gasteiger partial charge >= 0.3 is 0 Å². The number of pyridine rings is 1. The Labute approximate surface area is 119 Å². The molecule has 0 aliphatic rings. The normalized spacial score (nSPS) is 11.4. The molecule has 0 radical (unpaired) electrons. The molecule has 0 N–H and O–H groups in total. The van der Waals surface area contributed by atoms with Crippen LogP contribution in [-0.2, 0) is 4.43 Å². The first-order valence-corrected chi connectivity index (χ1v) is 7.95. The standard InChI is InChI=1S/C12H7BrINS/c13-8-6-15-9(5-14)11-7-3-1-2-4-10(7)16-12(8)11/h1-4,6H,5H2. The summed E-state index contributed by atoms with van der Waals surface area (Å²) in [7, 11) is 0. The van der Waals surface area contributed by atoms with Crippen molar-refractivity contribution in [3.8, 4) is 0 Å². The minimum Gasteiger partial charge on any atom is -0.259 e. The Morgan fingerprint density at radius 1 is 1.31 bits per heavy atom. The van der Waals surface area contributed by atoms with Crippen molar-refractivity contribution in [1.82, 2.24) is 4.98 Å². The van der Waals surface area contributed by atoms with Crippen molar-refractivity contribution in [3.05, 3.63) is 40.6 Å². The van der Waals surface area contributed by atoms with Crippen LogP contribution in [-0.4, -0.2) is 4.98 Å². The zero-order chi connectivity index (χ0) is 11.1. The lowest BCUT2D eigenvalue weighted by Gasteiger charge is -2.00. The van der Waals surface area contributed by atoms with Gasteiger partial charge in [-0.15, -0.1) is 11.3 Å². The average Bonchev–Trinajstić information content (AvgIpc) is 2.70. The SMILES string of the molecule is Brc1cnc(CI)c2c1sc1ccccc12. The second kappa shape index (κ2) is 4.23. The summed E-state index contributed by atoms with van der Waals surface area (Å²) in [6, 6.07) is 8.52. The summed E-state index contributed by atoms with van der Waals surface area (Å²) in [5.74, 6) is 0. The number of nitrogens with zero attached hydrogens (tertiary/aromatic N) is 1. The van der Waals surface area contributed by atoms with E-state index in [1.165, 1.54) is 25.9 Å². The second-order valence-electron chi connectivity index (χ2n) is 3.49. The third kappa shape index (κ3) is 1.58. The summed E-state index contributed by atoms with van der Waals surface area (Å²) in [6.45, 7) is 0. The van der Waals surface area contributed by atoms with Gasteiger partial charge in [0.05, 0.1) is 14.9 Å². The molecular formula is C12H7BrINS. The van der Waals surface area contributed by atoms with Gasteiger partial charge in [-0.3, -0.25) is 4.98 Å². The van der Waals surface area contributed by atoms with E-state index < -0.39 is 0 Å².